The Hall–Kier alpha value is -2.92. The lowest BCUT2D eigenvalue weighted by atomic mass is 10.0. The lowest BCUT2D eigenvalue weighted by molar-refractivity contribution is -0.118. The van der Waals surface area contributed by atoms with Crippen LogP contribution in [0.2, 0.25) is 5.02 Å². The molecule has 0 aliphatic rings. The largest absolute Gasteiger partial charge is 0.310 e. The van der Waals surface area contributed by atoms with Crippen LogP contribution in [0.3, 0.4) is 0 Å². The number of carbonyl (C=O) groups is 1. The third kappa shape index (κ3) is 4.10. The fourth-order valence-electron chi connectivity index (χ4n) is 2.97. The van der Waals surface area contributed by atoms with Crippen LogP contribution in [0.25, 0.3) is 16.8 Å². The van der Waals surface area contributed by atoms with Crippen LogP contribution < -0.4 is 10.7 Å². The van der Waals surface area contributed by atoms with Crippen LogP contribution in [0.15, 0.2) is 47.3 Å². The summed E-state index contributed by atoms with van der Waals surface area (Å²) in [7, 11) is 0. The van der Waals surface area contributed by atoms with Crippen molar-refractivity contribution < 1.29 is 4.79 Å². The van der Waals surface area contributed by atoms with Gasteiger partial charge in [-0.1, -0.05) is 49.7 Å². The molecule has 1 amide bonds. The van der Waals surface area contributed by atoms with Gasteiger partial charge in [0, 0.05) is 16.5 Å². The van der Waals surface area contributed by atoms with Crippen LogP contribution in [0.4, 0.5) is 5.82 Å². The Labute approximate surface area is 175 Å². The monoisotopic (exact) mass is 409 g/mol. The summed E-state index contributed by atoms with van der Waals surface area (Å²) in [6, 6.07) is 13.0. The summed E-state index contributed by atoms with van der Waals surface area (Å²) in [5.41, 5.74) is 3.92. The topological polar surface area (TPSA) is 64.0 Å². The summed E-state index contributed by atoms with van der Waals surface area (Å²) in [5.74, 6) is -0.157. The lowest BCUT2D eigenvalue weighted by Crippen LogP contribution is -2.27. The maximum absolute atomic E-state index is 13.1. The van der Waals surface area contributed by atoms with Gasteiger partial charge in [0.25, 0.3) is 0 Å². The van der Waals surface area contributed by atoms with Gasteiger partial charge < -0.3 is 5.32 Å². The Morgan fingerprint density at radius 3 is 2.38 bits per heavy atom. The van der Waals surface area contributed by atoms with Gasteiger partial charge in [-0.15, -0.1) is 0 Å². The molecule has 0 atom stereocenters. The molecule has 0 fully saturated rings. The molecule has 0 spiro atoms. The molecule has 0 unspecified atom stereocenters. The number of aryl methyl sites for hydroxylation is 3. The fourth-order valence-corrected chi connectivity index (χ4v) is 3.20. The van der Waals surface area contributed by atoms with Gasteiger partial charge in [0.05, 0.1) is 11.3 Å². The number of aromatic nitrogens is 2. The molecule has 3 rings (SSSR count). The molecular formula is C23H24ClN3O2. The molecule has 1 N–H and O–H groups in total. The number of amides is 1. The van der Waals surface area contributed by atoms with E-state index in [4.69, 9.17) is 11.6 Å². The molecule has 1 aromatic heterocycles. The smallest absolute Gasteiger partial charge is 0.228 e. The predicted octanol–water partition coefficient (Wildman–Crippen LogP) is 5.07. The van der Waals surface area contributed by atoms with E-state index in [-0.39, 0.29) is 17.3 Å². The van der Waals surface area contributed by atoms with E-state index in [2.05, 4.69) is 10.4 Å². The average molecular weight is 410 g/mol. The number of benzene rings is 2. The number of rotatable bonds is 4. The first-order valence-electron chi connectivity index (χ1n) is 9.48. The third-order valence-corrected chi connectivity index (χ3v) is 5.23. The van der Waals surface area contributed by atoms with E-state index in [9.17, 15) is 9.59 Å². The van der Waals surface area contributed by atoms with Crippen LogP contribution in [0, 0.1) is 26.7 Å². The van der Waals surface area contributed by atoms with Crippen molar-refractivity contribution in [1.29, 1.82) is 0 Å². The highest BCUT2D eigenvalue weighted by molar-refractivity contribution is 6.33. The summed E-state index contributed by atoms with van der Waals surface area (Å²) in [6.07, 6.45) is 0. The summed E-state index contributed by atoms with van der Waals surface area (Å²) < 4.78 is 1.61. The molecule has 5 nitrogen and oxygen atoms in total. The van der Waals surface area contributed by atoms with Crippen molar-refractivity contribution in [2.75, 3.05) is 5.32 Å². The van der Waals surface area contributed by atoms with E-state index in [1.165, 1.54) is 0 Å². The van der Waals surface area contributed by atoms with Gasteiger partial charge in [-0.05, 0) is 50.1 Å². The number of nitrogens with zero attached hydrogens (tertiary/aromatic N) is 2. The maximum atomic E-state index is 13.1. The minimum Gasteiger partial charge on any atom is -0.310 e. The minimum absolute atomic E-state index is 0.207. The molecule has 0 radical (unpaired) electrons. The number of anilines is 1. The van der Waals surface area contributed by atoms with Gasteiger partial charge in [0.15, 0.2) is 0 Å². The highest BCUT2D eigenvalue weighted by atomic mass is 35.5. The van der Waals surface area contributed by atoms with Crippen molar-refractivity contribution in [3.8, 4) is 16.8 Å². The Balaban J connectivity index is 2.39. The zero-order valence-electron chi connectivity index (χ0n) is 17.2. The van der Waals surface area contributed by atoms with Crippen molar-refractivity contribution >= 4 is 23.3 Å². The first-order chi connectivity index (χ1) is 13.7. The third-order valence-electron chi connectivity index (χ3n) is 4.90. The summed E-state index contributed by atoms with van der Waals surface area (Å²) in [4.78, 5) is 25.7. The van der Waals surface area contributed by atoms with Crippen LogP contribution in [-0.4, -0.2) is 15.7 Å². The Kier molecular flexibility index (Phi) is 5.89. The van der Waals surface area contributed by atoms with Gasteiger partial charge in [-0.3, -0.25) is 9.59 Å². The zero-order chi connectivity index (χ0) is 21.3. The fraction of sp³-hybridized carbons (Fsp3) is 0.261. The number of hydrogen-bond donors (Lipinski definition) is 1. The first-order valence-corrected chi connectivity index (χ1v) is 9.85. The summed E-state index contributed by atoms with van der Waals surface area (Å²) in [5, 5.41) is 7.83. The lowest BCUT2D eigenvalue weighted by Gasteiger charge is -2.20. The molecule has 1 heterocycles. The summed E-state index contributed by atoms with van der Waals surface area (Å²) >= 11 is 6.42. The van der Waals surface area contributed by atoms with Crippen LogP contribution in [0.1, 0.15) is 30.7 Å². The molecule has 0 saturated heterocycles. The van der Waals surface area contributed by atoms with Crippen LogP contribution in [-0.2, 0) is 4.79 Å². The first kappa shape index (κ1) is 20.8. The second-order valence-corrected chi connectivity index (χ2v) is 7.85. The number of halogens is 1. The summed E-state index contributed by atoms with van der Waals surface area (Å²) in [6.45, 7) is 9.29. The highest BCUT2D eigenvalue weighted by Gasteiger charge is 2.22. The Morgan fingerprint density at radius 2 is 1.76 bits per heavy atom. The average Bonchev–Trinajstić information content (AvgIpc) is 2.68. The van der Waals surface area contributed by atoms with Gasteiger partial charge in [-0.2, -0.15) is 5.10 Å². The Bertz CT molecular complexity index is 1150. The van der Waals surface area contributed by atoms with E-state index in [0.29, 0.717) is 27.7 Å². The van der Waals surface area contributed by atoms with Gasteiger partial charge >= 0.3 is 0 Å². The second kappa shape index (κ2) is 8.21. The van der Waals surface area contributed by atoms with Crippen molar-refractivity contribution in [2.24, 2.45) is 5.92 Å². The van der Waals surface area contributed by atoms with Crippen LogP contribution in [0.5, 0.6) is 0 Å². The SMILES string of the molecule is Cc1ccc(-n2nc(C)c(=O)c(-c3ccccc3Cl)c2NC(=O)C(C)C)cc1C. The minimum atomic E-state index is -0.266. The van der Waals surface area contributed by atoms with Gasteiger partial charge in [0.2, 0.25) is 11.3 Å². The standard InChI is InChI=1S/C23H24ClN3O2/c1-13(2)23(29)25-22-20(18-8-6-7-9-19(18)24)21(28)16(5)26-27(22)17-11-10-14(3)15(4)12-17/h6-13H,1-5H3,(H,25,29). The molecule has 0 aliphatic heterocycles. The predicted molar refractivity (Wildman–Crippen MR) is 118 cm³/mol. The molecule has 29 heavy (non-hydrogen) atoms. The highest BCUT2D eigenvalue weighted by Crippen LogP contribution is 2.32. The van der Waals surface area contributed by atoms with Crippen molar-refractivity contribution in [3.63, 3.8) is 0 Å². The van der Waals surface area contributed by atoms with E-state index >= 15 is 0 Å². The Morgan fingerprint density at radius 1 is 1.07 bits per heavy atom. The van der Waals surface area contributed by atoms with Crippen molar-refractivity contribution in [2.45, 2.75) is 34.6 Å². The number of carbonyl (C=O) groups excluding carboxylic acids is 1. The van der Waals surface area contributed by atoms with E-state index in [1.807, 2.05) is 38.1 Å². The molecule has 3 aromatic rings. The second-order valence-electron chi connectivity index (χ2n) is 7.44. The molecule has 0 aliphatic carbocycles. The number of hydrogen-bond acceptors (Lipinski definition) is 3. The van der Waals surface area contributed by atoms with Crippen LogP contribution >= 0.6 is 11.6 Å². The van der Waals surface area contributed by atoms with Crippen molar-refractivity contribution in [1.82, 2.24) is 9.78 Å². The molecule has 2 aromatic carbocycles. The normalized spacial score (nSPS) is 11.0. The van der Waals surface area contributed by atoms with Gasteiger partial charge in [-0.25, -0.2) is 4.68 Å². The molecule has 150 valence electrons. The molecular weight excluding hydrogens is 386 g/mol. The number of nitrogens with one attached hydrogen (secondary N) is 1. The quantitative estimate of drug-likeness (QED) is 0.654. The van der Waals surface area contributed by atoms with Crippen molar-refractivity contribution in [3.05, 3.63) is 74.5 Å². The van der Waals surface area contributed by atoms with Gasteiger partial charge in [0.1, 0.15) is 11.5 Å². The van der Waals surface area contributed by atoms with E-state index in [0.717, 1.165) is 16.8 Å². The van der Waals surface area contributed by atoms with E-state index in [1.54, 1.807) is 43.7 Å². The zero-order valence-corrected chi connectivity index (χ0v) is 18.0. The molecule has 6 heteroatoms. The molecule has 0 saturated carbocycles. The van der Waals surface area contributed by atoms with E-state index < -0.39 is 0 Å². The maximum Gasteiger partial charge on any atom is 0.228 e. The molecule has 0 bridgehead atoms.